The largest absolute Gasteiger partial charge is 0.401 e. The second kappa shape index (κ2) is 7.47. The molecule has 8 nitrogen and oxygen atoms in total. The summed E-state index contributed by atoms with van der Waals surface area (Å²) in [7, 11) is 0. The van der Waals surface area contributed by atoms with Crippen LogP contribution in [0.5, 0.6) is 0 Å². The highest BCUT2D eigenvalue weighted by atomic mass is 15.2. The first-order valence-corrected chi connectivity index (χ1v) is 9.64. The van der Waals surface area contributed by atoms with E-state index in [2.05, 4.69) is 57.7 Å². The van der Waals surface area contributed by atoms with Crippen LogP contribution >= 0.6 is 0 Å². The average Bonchev–Trinajstić information content (AvgIpc) is 3.32. The third-order valence-corrected chi connectivity index (χ3v) is 5.05. The number of para-hydroxylation sites is 1. The zero-order valence-electron chi connectivity index (χ0n) is 17.2. The van der Waals surface area contributed by atoms with Crippen LogP contribution in [0.3, 0.4) is 0 Å². The summed E-state index contributed by atoms with van der Waals surface area (Å²) in [6.07, 6.45) is 5.22. The minimum Gasteiger partial charge on any atom is -0.401 e. The summed E-state index contributed by atoms with van der Waals surface area (Å²) in [6.45, 7) is 9.64. The van der Waals surface area contributed by atoms with Crippen LogP contribution < -0.4 is 11.1 Å². The van der Waals surface area contributed by atoms with Crippen molar-refractivity contribution in [1.29, 1.82) is 5.41 Å². The van der Waals surface area contributed by atoms with Gasteiger partial charge in [-0.25, -0.2) is 4.99 Å². The lowest BCUT2D eigenvalue weighted by Gasteiger charge is -2.11. The third kappa shape index (κ3) is 3.12. The average molecular weight is 400 g/mol. The molecule has 0 radical (unpaired) electrons. The van der Waals surface area contributed by atoms with Crippen LogP contribution in [-0.2, 0) is 0 Å². The van der Waals surface area contributed by atoms with Gasteiger partial charge >= 0.3 is 0 Å². The summed E-state index contributed by atoms with van der Waals surface area (Å²) in [5.74, 6) is 0.792. The third-order valence-electron chi connectivity index (χ3n) is 5.05. The number of hydrogen-bond acceptors (Lipinski definition) is 6. The molecule has 0 saturated carbocycles. The fraction of sp³-hybridized carbons (Fsp3) is 0.182. The summed E-state index contributed by atoms with van der Waals surface area (Å²) in [4.78, 5) is 16.8. The first-order chi connectivity index (χ1) is 14.4. The van der Waals surface area contributed by atoms with Gasteiger partial charge in [0.05, 0.1) is 11.1 Å². The van der Waals surface area contributed by atoms with Crippen molar-refractivity contribution < 1.29 is 0 Å². The van der Waals surface area contributed by atoms with E-state index in [4.69, 9.17) is 16.1 Å². The van der Waals surface area contributed by atoms with E-state index in [0.29, 0.717) is 23.2 Å². The smallest absolute Gasteiger partial charge is 0.231 e. The minimum absolute atomic E-state index is 0.167. The molecule has 3 heterocycles. The molecule has 0 fully saturated rings. The molecular weight excluding hydrogens is 376 g/mol. The van der Waals surface area contributed by atoms with E-state index in [1.54, 1.807) is 6.92 Å². The van der Waals surface area contributed by atoms with Gasteiger partial charge in [-0.1, -0.05) is 18.2 Å². The molecule has 0 aliphatic heterocycles. The number of allylic oxidation sites excluding steroid dienone is 2. The molecule has 1 aromatic carbocycles. The maximum atomic E-state index is 7.56. The van der Waals surface area contributed by atoms with Gasteiger partial charge in [-0.15, -0.1) is 0 Å². The highest BCUT2D eigenvalue weighted by Crippen LogP contribution is 2.40. The van der Waals surface area contributed by atoms with Gasteiger partial charge in [-0.3, -0.25) is 0 Å². The Hall–Kier alpha value is -3.94. The highest BCUT2D eigenvalue weighted by Gasteiger charge is 2.21. The number of nitrogens with zero attached hydrogens (tertiary/aromatic N) is 4. The van der Waals surface area contributed by atoms with Crippen molar-refractivity contribution in [3.8, 4) is 11.1 Å². The molecule has 0 spiro atoms. The Kier molecular flexibility index (Phi) is 4.83. The first-order valence-electron chi connectivity index (χ1n) is 9.64. The predicted octanol–water partition coefficient (Wildman–Crippen LogP) is 4.74. The number of aliphatic imine (C=N–C) groups is 1. The Bertz CT molecular complexity index is 1300. The standard InChI is InChI=1S/C22H24N8/c1-12(2)30-11-16(15-10-26-17-8-6-5-7-14(15)17)19-20(25-4)28-22(29-21(19)30)27-18(9-23)13(3)24/h5-12,23,26H,4,24H2,1-3H3,(H,27,28,29). The summed E-state index contributed by atoms with van der Waals surface area (Å²) < 4.78 is 2.09. The zero-order valence-corrected chi connectivity index (χ0v) is 17.2. The quantitative estimate of drug-likeness (QED) is 0.349. The van der Waals surface area contributed by atoms with Gasteiger partial charge in [0, 0.05) is 52.4 Å². The van der Waals surface area contributed by atoms with Crippen molar-refractivity contribution in [3.05, 3.63) is 48.1 Å². The normalized spacial score (nSPS) is 12.4. The van der Waals surface area contributed by atoms with E-state index in [1.165, 1.54) is 0 Å². The molecule has 152 valence electrons. The number of hydrogen-bond donors (Lipinski definition) is 4. The Morgan fingerprint density at radius 1 is 1.30 bits per heavy atom. The van der Waals surface area contributed by atoms with Crippen molar-refractivity contribution in [3.63, 3.8) is 0 Å². The van der Waals surface area contributed by atoms with Crippen LogP contribution in [0.25, 0.3) is 33.1 Å². The molecule has 8 heteroatoms. The van der Waals surface area contributed by atoms with E-state index in [1.807, 2.05) is 24.4 Å². The molecule has 0 saturated heterocycles. The number of benzene rings is 1. The van der Waals surface area contributed by atoms with Crippen LogP contribution in [0, 0.1) is 5.41 Å². The summed E-state index contributed by atoms with van der Waals surface area (Å²) in [5.41, 5.74) is 10.6. The molecule has 4 aromatic rings. The van der Waals surface area contributed by atoms with E-state index in [0.717, 1.165) is 39.3 Å². The number of nitrogens with one attached hydrogen (secondary N) is 3. The van der Waals surface area contributed by atoms with Gasteiger partial charge < -0.3 is 26.0 Å². The van der Waals surface area contributed by atoms with Crippen LogP contribution in [0.4, 0.5) is 11.8 Å². The zero-order chi connectivity index (χ0) is 21.4. The van der Waals surface area contributed by atoms with Gasteiger partial charge in [0.1, 0.15) is 5.65 Å². The Morgan fingerprint density at radius 3 is 2.73 bits per heavy atom. The Balaban J connectivity index is 2.01. The van der Waals surface area contributed by atoms with Gasteiger partial charge in [0.2, 0.25) is 5.95 Å². The Morgan fingerprint density at radius 2 is 2.07 bits per heavy atom. The van der Waals surface area contributed by atoms with Crippen LogP contribution in [0.1, 0.15) is 26.8 Å². The lowest BCUT2D eigenvalue weighted by molar-refractivity contribution is 0.618. The molecule has 0 amide bonds. The fourth-order valence-electron chi connectivity index (χ4n) is 3.56. The molecule has 30 heavy (non-hydrogen) atoms. The van der Waals surface area contributed by atoms with Crippen molar-refractivity contribution in [2.24, 2.45) is 10.7 Å². The number of anilines is 1. The van der Waals surface area contributed by atoms with Crippen LogP contribution in [-0.4, -0.2) is 32.5 Å². The summed E-state index contributed by atoms with van der Waals surface area (Å²) >= 11 is 0. The van der Waals surface area contributed by atoms with Crippen LogP contribution in [0.2, 0.25) is 0 Å². The fourth-order valence-corrected chi connectivity index (χ4v) is 3.56. The Labute approximate surface area is 174 Å². The maximum Gasteiger partial charge on any atom is 0.231 e. The molecular formula is C22H24N8. The van der Waals surface area contributed by atoms with Crippen molar-refractivity contribution in [2.75, 3.05) is 5.32 Å². The molecule has 5 N–H and O–H groups in total. The van der Waals surface area contributed by atoms with Crippen molar-refractivity contribution in [1.82, 2.24) is 19.5 Å². The number of fused-ring (bicyclic) bond motifs is 2. The van der Waals surface area contributed by atoms with Gasteiger partial charge in [-0.2, -0.15) is 9.97 Å². The molecule has 3 aromatic heterocycles. The summed E-state index contributed by atoms with van der Waals surface area (Å²) in [5, 5.41) is 12.5. The number of rotatable bonds is 6. The molecule has 0 atom stereocenters. The minimum atomic E-state index is 0.167. The van der Waals surface area contributed by atoms with Gasteiger partial charge in [0.25, 0.3) is 0 Å². The number of aromatic amines is 1. The van der Waals surface area contributed by atoms with E-state index in [9.17, 15) is 0 Å². The molecule has 0 aliphatic rings. The second-order valence-corrected chi connectivity index (χ2v) is 7.39. The number of nitrogens with two attached hydrogens (primary N) is 1. The topological polar surface area (TPSA) is 121 Å². The SMILES string of the molecule is C=Nc1nc(NC(C=N)=C(C)N)nc2c1c(-c1c[nH]c3ccccc13)cn2C(C)C. The maximum absolute atomic E-state index is 7.56. The lowest BCUT2D eigenvalue weighted by Crippen LogP contribution is -2.11. The summed E-state index contributed by atoms with van der Waals surface area (Å²) in [6, 6.07) is 8.33. The monoisotopic (exact) mass is 400 g/mol. The van der Waals surface area contributed by atoms with Crippen LogP contribution in [0.15, 0.2) is 53.0 Å². The first kappa shape index (κ1) is 19.4. The lowest BCUT2D eigenvalue weighted by atomic mass is 10.1. The number of H-pyrrole nitrogens is 1. The van der Waals surface area contributed by atoms with E-state index < -0.39 is 0 Å². The molecule has 0 bridgehead atoms. The molecule has 4 rings (SSSR count). The highest BCUT2D eigenvalue weighted by molar-refractivity contribution is 6.08. The van der Waals surface area contributed by atoms with Crippen molar-refractivity contribution >= 4 is 46.6 Å². The molecule has 0 unspecified atom stereocenters. The second-order valence-electron chi connectivity index (χ2n) is 7.39. The number of aromatic nitrogens is 4. The van der Waals surface area contributed by atoms with E-state index >= 15 is 0 Å². The molecule has 0 aliphatic carbocycles. The van der Waals surface area contributed by atoms with Crippen molar-refractivity contribution in [2.45, 2.75) is 26.8 Å². The predicted molar refractivity (Wildman–Crippen MR) is 124 cm³/mol. The van der Waals surface area contributed by atoms with E-state index in [-0.39, 0.29) is 6.04 Å². The van der Waals surface area contributed by atoms with Gasteiger partial charge in [-0.05, 0) is 33.6 Å². The van der Waals surface area contributed by atoms with Gasteiger partial charge in [0.15, 0.2) is 5.82 Å².